The van der Waals surface area contributed by atoms with Crippen LogP contribution in [-0.4, -0.2) is 40.8 Å². The van der Waals surface area contributed by atoms with Crippen molar-refractivity contribution in [2.24, 2.45) is 4.99 Å². The molecular weight excluding hydrogens is 298 g/mol. The summed E-state index contributed by atoms with van der Waals surface area (Å²) in [4.78, 5) is 8.54. The van der Waals surface area contributed by atoms with Crippen LogP contribution in [0.2, 0.25) is 0 Å². The van der Waals surface area contributed by atoms with Crippen molar-refractivity contribution in [2.45, 2.75) is 32.8 Å². The summed E-state index contributed by atoms with van der Waals surface area (Å²) in [6, 6.07) is 3.47. The molecule has 2 aromatic rings. The third kappa shape index (κ3) is 5.10. The largest absolute Gasteiger partial charge is 0.466 e. The smallest absolute Gasteiger partial charge is 0.228 e. The van der Waals surface area contributed by atoms with Crippen LogP contribution in [0.1, 0.15) is 31.3 Å². The van der Waals surface area contributed by atoms with Gasteiger partial charge in [-0.3, -0.25) is 0 Å². The number of furan rings is 1. The fraction of sp³-hybridized carbons (Fsp3) is 0.533. The Balaban J connectivity index is 1.89. The molecule has 0 aliphatic carbocycles. The van der Waals surface area contributed by atoms with E-state index >= 15 is 0 Å². The van der Waals surface area contributed by atoms with Crippen LogP contribution in [0.4, 0.5) is 0 Å². The monoisotopic (exact) mass is 321 g/mol. The fourth-order valence-corrected chi connectivity index (χ4v) is 1.97. The molecule has 126 valence electrons. The van der Waals surface area contributed by atoms with E-state index in [0.29, 0.717) is 42.9 Å². The minimum absolute atomic E-state index is 0.176. The van der Waals surface area contributed by atoms with Crippen molar-refractivity contribution in [3.05, 3.63) is 35.9 Å². The molecule has 0 bridgehead atoms. The lowest BCUT2D eigenvalue weighted by molar-refractivity contribution is 0.0437. The number of aryl methyl sites for hydroxylation is 1. The molecule has 0 saturated heterocycles. The van der Waals surface area contributed by atoms with Gasteiger partial charge in [-0.05, 0) is 32.9 Å². The molecule has 1 unspecified atom stereocenters. The predicted molar refractivity (Wildman–Crippen MR) is 85.0 cm³/mol. The van der Waals surface area contributed by atoms with Crippen molar-refractivity contribution in [1.82, 2.24) is 20.8 Å². The second-order valence-electron chi connectivity index (χ2n) is 5.36. The van der Waals surface area contributed by atoms with Gasteiger partial charge in [0, 0.05) is 19.5 Å². The Morgan fingerprint density at radius 1 is 1.43 bits per heavy atom. The third-order valence-corrected chi connectivity index (χ3v) is 3.14. The molecule has 1 atom stereocenters. The van der Waals surface area contributed by atoms with E-state index in [9.17, 15) is 5.11 Å². The molecule has 2 aromatic heterocycles. The molecule has 0 aliphatic heterocycles. The molecular formula is C15H23N5O3. The van der Waals surface area contributed by atoms with Crippen molar-refractivity contribution >= 4 is 5.96 Å². The first-order chi connectivity index (χ1) is 11.0. The van der Waals surface area contributed by atoms with Gasteiger partial charge in [-0.25, -0.2) is 4.99 Å². The molecule has 0 aliphatic rings. The molecule has 2 rings (SSSR count). The molecule has 0 radical (unpaired) electrons. The van der Waals surface area contributed by atoms with Crippen LogP contribution in [0.25, 0.3) is 0 Å². The highest BCUT2D eigenvalue weighted by molar-refractivity contribution is 5.79. The second-order valence-corrected chi connectivity index (χ2v) is 5.36. The minimum Gasteiger partial charge on any atom is -0.466 e. The van der Waals surface area contributed by atoms with Crippen LogP contribution in [0.15, 0.2) is 32.3 Å². The standard InChI is InChI=1S/C15H23N5O3/c1-4-16-14(17-8-7-13-19-11(2)20-23-13)18-10-15(3,21)12-6-5-9-22-12/h5-6,9,21H,4,7-8,10H2,1-3H3,(H2,16,17,18). The summed E-state index contributed by atoms with van der Waals surface area (Å²) in [7, 11) is 0. The highest BCUT2D eigenvalue weighted by atomic mass is 16.5. The van der Waals surface area contributed by atoms with Crippen molar-refractivity contribution in [2.75, 3.05) is 19.6 Å². The van der Waals surface area contributed by atoms with Gasteiger partial charge in [-0.2, -0.15) is 4.98 Å². The lowest BCUT2D eigenvalue weighted by Crippen LogP contribution is -2.39. The minimum atomic E-state index is -1.16. The van der Waals surface area contributed by atoms with E-state index in [1.807, 2.05) is 6.92 Å². The summed E-state index contributed by atoms with van der Waals surface area (Å²) >= 11 is 0. The normalized spacial score (nSPS) is 14.5. The quantitative estimate of drug-likeness (QED) is 0.515. The Morgan fingerprint density at radius 3 is 2.87 bits per heavy atom. The van der Waals surface area contributed by atoms with Crippen LogP contribution >= 0.6 is 0 Å². The lowest BCUT2D eigenvalue weighted by Gasteiger charge is -2.19. The Bertz CT molecular complexity index is 619. The molecule has 0 saturated carbocycles. The number of aliphatic hydroxyl groups is 1. The van der Waals surface area contributed by atoms with E-state index in [-0.39, 0.29) is 6.54 Å². The van der Waals surface area contributed by atoms with Crippen LogP contribution in [0.5, 0.6) is 0 Å². The summed E-state index contributed by atoms with van der Waals surface area (Å²) in [6.45, 7) is 6.91. The number of aromatic nitrogens is 2. The molecule has 23 heavy (non-hydrogen) atoms. The summed E-state index contributed by atoms with van der Waals surface area (Å²) in [6.07, 6.45) is 2.13. The van der Waals surface area contributed by atoms with Crippen molar-refractivity contribution in [3.8, 4) is 0 Å². The van der Waals surface area contributed by atoms with Gasteiger partial charge in [-0.15, -0.1) is 0 Å². The Labute approximate surface area is 135 Å². The van der Waals surface area contributed by atoms with Gasteiger partial charge < -0.3 is 24.7 Å². The van der Waals surface area contributed by atoms with Crippen molar-refractivity contribution in [1.29, 1.82) is 0 Å². The zero-order chi connectivity index (χ0) is 16.7. The maximum atomic E-state index is 10.4. The topological polar surface area (TPSA) is 109 Å². The van der Waals surface area contributed by atoms with Gasteiger partial charge in [0.15, 0.2) is 11.8 Å². The molecule has 0 amide bonds. The molecule has 0 spiro atoms. The van der Waals surface area contributed by atoms with E-state index < -0.39 is 5.60 Å². The van der Waals surface area contributed by atoms with Crippen molar-refractivity contribution < 1.29 is 14.0 Å². The van der Waals surface area contributed by atoms with Gasteiger partial charge >= 0.3 is 0 Å². The molecule has 0 aromatic carbocycles. The second kappa shape index (κ2) is 7.77. The number of hydrogen-bond donors (Lipinski definition) is 3. The zero-order valence-electron chi connectivity index (χ0n) is 13.7. The Hall–Kier alpha value is -2.35. The highest BCUT2D eigenvalue weighted by Gasteiger charge is 2.26. The first-order valence-electron chi connectivity index (χ1n) is 7.59. The maximum Gasteiger partial charge on any atom is 0.228 e. The van der Waals surface area contributed by atoms with Gasteiger partial charge in [0.1, 0.15) is 11.4 Å². The van der Waals surface area contributed by atoms with E-state index in [1.54, 1.807) is 26.0 Å². The first-order valence-corrected chi connectivity index (χ1v) is 7.59. The van der Waals surface area contributed by atoms with Crippen LogP contribution in [0.3, 0.4) is 0 Å². The van der Waals surface area contributed by atoms with Gasteiger partial charge in [0.25, 0.3) is 0 Å². The predicted octanol–water partition coefficient (Wildman–Crippen LogP) is 0.976. The molecule has 8 nitrogen and oxygen atoms in total. The van der Waals surface area contributed by atoms with Crippen molar-refractivity contribution in [3.63, 3.8) is 0 Å². The number of nitrogens with one attached hydrogen (secondary N) is 2. The number of rotatable bonds is 7. The van der Waals surface area contributed by atoms with Gasteiger partial charge in [-0.1, -0.05) is 5.16 Å². The molecule has 2 heterocycles. The number of guanidine groups is 1. The van der Waals surface area contributed by atoms with Crippen LogP contribution in [0, 0.1) is 6.92 Å². The average Bonchev–Trinajstić information content (AvgIpc) is 3.17. The fourth-order valence-electron chi connectivity index (χ4n) is 1.97. The van der Waals surface area contributed by atoms with E-state index in [0.717, 1.165) is 0 Å². The lowest BCUT2D eigenvalue weighted by atomic mass is 10.0. The Morgan fingerprint density at radius 2 is 2.26 bits per heavy atom. The highest BCUT2D eigenvalue weighted by Crippen LogP contribution is 2.20. The molecule has 3 N–H and O–H groups in total. The molecule has 8 heteroatoms. The summed E-state index contributed by atoms with van der Waals surface area (Å²) < 4.78 is 10.3. The number of hydrogen-bond acceptors (Lipinski definition) is 6. The SMILES string of the molecule is CCNC(=NCC(C)(O)c1ccco1)NCCc1nc(C)no1. The first kappa shape index (κ1) is 17.0. The van der Waals surface area contributed by atoms with E-state index in [4.69, 9.17) is 8.94 Å². The van der Waals surface area contributed by atoms with E-state index in [2.05, 4.69) is 25.8 Å². The van der Waals surface area contributed by atoms with Crippen LogP contribution < -0.4 is 10.6 Å². The summed E-state index contributed by atoms with van der Waals surface area (Å²) in [5.74, 6) is 2.29. The summed E-state index contributed by atoms with van der Waals surface area (Å²) in [5, 5.41) is 20.4. The average molecular weight is 321 g/mol. The zero-order valence-corrected chi connectivity index (χ0v) is 13.7. The Kier molecular flexibility index (Phi) is 5.75. The number of aliphatic imine (C=N–C) groups is 1. The maximum absolute atomic E-state index is 10.4. The summed E-state index contributed by atoms with van der Waals surface area (Å²) in [5.41, 5.74) is -1.16. The van der Waals surface area contributed by atoms with Gasteiger partial charge in [0.05, 0.1) is 12.8 Å². The third-order valence-electron chi connectivity index (χ3n) is 3.14. The van der Waals surface area contributed by atoms with E-state index in [1.165, 1.54) is 6.26 Å². The van der Waals surface area contributed by atoms with Gasteiger partial charge in [0.2, 0.25) is 5.89 Å². The molecule has 0 fully saturated rings. The number of nitrogens with zero attached hydrogens (tertiary/aromatic N) is 3. The van der Waals surface area contributed by atoms with Crippen LogP contribution in [-0.2, 0) is 12.0 Å².